The molecule has 2 atom stereocenters. The van der Waals surface area contributed by atoms with Crippen LogP contribution in [-0.4, -0.2) is 38.6 Å². The number of benzene rings is 5. The van der Waals surface area contributed by atoms with E-state index in [2.05, 4.69) is 74.5 Å². The number of fused-ring (bicyclic) bond motifs is 2. The summed E-state index contributed by atoms with van der Waals surface area (Å²) in [4.78, 5) is 0. The minimum Gasteiger partial charge on any atom is -0.490 e. The molecule has 0 aliphatic carbocycles. The Hall–Kier alpha value is -3.86. The van der Waals surface area contributed by atoms with Crippen LogP contribution < -0.4 is 9.47 Å². The molecule has 0 amide bonds. The van der Waals surface area contributed by atoms with Crippen molar-refractivity contribution in [1.29, 1.82) is 0 Å². The molecule has 0 radical (unpaired) electrons. The molecule has 5 aromatic carbocycles. The Kier molecular flexibility index (Phi) is 12.9. The molecule has 5 aromatic rings. The lowest BCUT2D eigenvalue weighted by molar-refractivity contribution is 0.265. The highest BCUT2D eigenvalue weighted by molar-refractivity contribution is 5.88. The molecule has 2 aliphatic rings. The number of epoxide rings is 2. The molecule has 2 aliphatic heterocycles. The first kappa shape index (κ1) is 32.7. The van der Waals surface area contributed by atoms with Crippen LogP contribution in [0.1, 0.15) is 39.8 Å². The second kappa shape index (κ2) is 16.5. The van der Waals surface area contributed by atoms with Crippen molar-refractivity contribution in [1.82, 2.24) is 0 Å². The van der Waals surface area contributed by atoms with Gasteiger partial charge in [0.2, 0.25) is 0 Å². The lowest BCUT2D eigenvalue weighted by Gasteiger charge is -2.07. The third kappa shape index (κ3) is 9.61. The van der Waals surface area contributed by atoms with E-state index in [4.69, 9.17) is 18.9 Å². The molecule has 2 fully saturated rings. The molecule has 2 saturated heterocycles. The summed E-state index contributed by atoms with van der Waals surface area (Å²) in [5.41, 5.74) is 2.86. The molecule has 0 aromatic heterocycles. The minimum atomic E-state index is 0. The van der Waals surface area contributed by atoms with Gasteiger partial charge in [-0.05, 0) is 46.9 Å². The normalized spacial score (nSPS) is 16.0. The second-order valence-corrected chi connectivity index (χ2v) is 10.0. The maximum atomic E-state index is 5.72. The molecule has 0 saturated carbocycles. The molecule has 2 unspecified atom stereocenters. The molecular formula is C38H46O4. The van der Waals surface area contributed by atoms with Crippen molar-refractivity contribution in [3.63, 3.8) is 0 Å². The summed E-state index contributed by atoms with van der Waals surface area (Å²) in [5.74, 6) is 1.90. The van der Waals surface area contributed by atoms with Crippen LogP contribution in [0.5, 0.6) is 11.5 Å². The van der Waals surface area contributed by atoms with Gasteiger partial charge in [-0.3, -0.25) is 0 Å². The number of hydrogen-bond donors (Lipinski definition) is 0. The topological polar surface area (TPSA) is 43.5 Å². The first-order valence-electron chi connectivity index (χ1n) is 14.3. The third-order valence-corrected chi connectivity index (χ3v) is 6.99. The average molecular weight is 567 g/mol. The molecule has 4 nitrogen and oxygen atoms in total. The second-order valence-electron chi connectivity index (χ2n) is 10.0. The van der Waals surface area contributed by atoms with Crippen molar-refractivity contribution < 1.29 is 18.9 Å². The maximum absolute atomic E-state index is 5.72. The zero-order valence-electron chi connectivity index (χ0n) is 23.4. The quantitative estimate of drug-likeness (QED) is 0.176. The van der Waals surface area contributed by atoms with Crippen LogP contribution in [-0.2, 0) is 22.3 Å². The number of rotatable bonds is 8. The van der Waals surface area contributed by atoms with E-state index in [0.717, 1.165) is 37.6 Å². The average Bonchev–Trinajstić information content (AvgIpc) is 3.96. The highest BCUT2D eigenvalue weighted by Gasteiger charge is 2.24. The van der Waals surface area contributed by atoms with Gasteiger partial charge in [0.05, 0.1) is 13.2 Å². The standard InChI is InChI=1S/2C13H12O2.C10H14.2CH4/c2*1-2-6-12-10(4-1)5-3-7-13(12)15-9-11-8-14-11;1-3-9-5-7-10(4-2)8-6-9;;/h2*1-7,11H,8-9H2;5-8H,3-4H2,1-2H3;2*1H4. The molecule has 42 heavy (non-hydrogen) atoms. The number of hydrogen-bond acceptors (Lipinski definition) is 4. The molecule has 7 rings (SSSR count). The monoisotopic (exact) mass is 566 g/mol. The van der Waals surface area contributed by atoms with Gasteiger partial charge in [-0.15, -0.1) is 0 Å². The predicted octanol–water partition coefficient (Wildman–Crippen LogP) is 9.32. The Morgan fingerprint density at radius 2 is 0.881 bits per heavy atom. The van der Waals surface area contributed by atoms with Gasteiger partial charge in [0, 0.05) is 10.8 Å². The van der Waals surface area contributed by atoms with Crippen molar-refractivity contribution >= 4 is 21.5 Å². The van der Waals surface area contributed by atoms with E-state index in [1.807, 2.05) is 48.5 Å². The predicted molar refractivity (Wildman–Crippen MR) is 177 cm³/mol. The maximum Gasteiger partial charge on any atom is 0.127 e. The highest BCUT2D eigenvalue weighted by Crippen LogP contribution is 2.27. The van der Waals surface area contributed by atoms with Crippen LogP contribution in [0.2, 0.25) is 0 Å². The van der Waals surface area contributed by atoms with Gasteiger partial charge in [0.25, 0.3) is 0 Å². The fraction of sp³-hybridized carbons (Fsp3) is 0.316. The molecule has 4 heteroatoms. The first-order chi connectivity index (χ1) is 19.7. The summed E-state index contributed by atoms with van der Waals surface area (Å²) in [7, 11) is 0. The zero-order chi connectivity index (χ0) is 27.6. The summed E-state index contributed by atoms with van der Waals surface area (Å²) < 4.78 is 21.7. The Morgan fingerprint density at radius 1 is 0.524 bits per heavy atom. The molecule has 0 N–H and O–H groups in total. The van der Waals surface area contributed by atoms with Crippen molar-refractivity contribution in [3.05, 3.63) is 120 Å². The zero-order valence-corrected chi connectivity index (χ0v) is 23.4. The molecular weight excluding hydrogens is 520 g/mol. The van der Waals surface area contributed by atoms with Crippen molar-refractivity contribution in [2.75, 3.05) is 26.4 Å². The summed E-state index contributed by atoms with van der Waals surface area (Å²) in [6.45, 7) is 7.36. The Bertz CT molecular complexity index is 1360. The smallest absolute Gasteiger partial charge is 0.127 e. The Morgan fingerprint density at radius 3 is 1.24 bits per heavy atom. The van der Waals surface area contributed by atoms with Crippen LogP contribution in [0.4, 0.5) is 0 Å². The van der Waals surface area contributed by atoms with Gasteiger partial charge < -0.3 is 18.9 Å². The molecule has 2 heterocycles. The Labute approximate surface area is 252 Å². The SMILES string of the molecule is C.C.CCc1ccc(CC)cc1.c1ccc2c(OCC3CO3)cccc2c1.c1ccc2c(OCC3CO3)cccc2c1. The fourth-order valence-electron chi connectivity index (χ4n) is 4.35. The molecule has 0 spiro atoms. The van der Waals surface area contributed by atoms with Crippen molar-refractivity contribution in [3.8, 4) is 11.5 Å². The fourth-order valence-corrected chi connectivity index (χ4v) is 4.35. The lowest BCUT2D eigenvalue weighted by atomic mass is 10.1. The Balaban J connectivity index is 0.000000173. The summed E-state index contributed by atoms with van der Waals surface area (Å²) in [6, 6.07) is 37.5. The van der Waals surface area contributed by atoms with Crippen LogP contribution >= 0.6 is 0 Å². The van der Waals surface area contributed by atoms with E-state index in [-0.39, 0.29) is 14.9 Å². The van der Waals surface area contributed by atoms with E-state index in [9.17, 15) is 0 Å². The molecule has 222 valence electrons. The van der Waals surface area contributed by atoms with Gasteiger partial charge in [-0.25, -0.2) is 0 Å². The van der Waals surface area contributed by atoms with Gasteiger partial charge in [0.15, 0.2) is 0 Å². The van der Waals surface area contributed by atoms with Crippen molar-refractivity contribution in [2.45, 2.75) is 53.8 Å². The van der Waals surface area contributed by atoms with Crippen LogP contribution in [0, 0.1) is 0 Å². The largest absolute Gasteiger partial charge is 0.490 e. The van der Waals surface area contributed by atoms with Gasteiger partial charge in [0.1, 0.15) is 36.9 Å². The van der Waals surface area contributed by atoms with E-state index in [1.165, 1.54) is 32.7 Å². The number of ether oxygens (including phenoxy) is 4. The highest BCUT2D eigenvalue weighted by atomic mass is 16.6. The van der Waals surface area contributed by atoms with E-state index in [0.29, 0.717) is 25.4 Å². The third-order valence-electron chi connectivity index (χ3n) is 6.99. The first-order valence-corrected chi connectivity index (χ1v) is 14.3. The lowest BCUT2D eigenvalue weighted by Crippen LogP contribution is -2.04. The number of aryl methyl sites for hydroxylation is 2. The van der Waals surface area contributed by atoms with Gasteiger partial charge in [-0.2, -0.15) is 0 Å². The van der Waals surface area contributed by atoms with Crippen LogP contribution in [0.25, 0.3) is 21.5 Å². The summed E-state index contributed by atoms with van der Waals surface area (Å²) in [6.07, 6.45) is 2.90. The van der Waals surface area contributed by atoms with Crippen LogP contribution in [0.3, 0.4) is 0 Å². The van der Waals surface area contributed by atoms with E-state index in [1.54, 1.807) is 0 Å². The summed E-state index contributed by atoms with van der Waals surface area (Å²) in [5, 5.41) is 4.76. The van der Waals surface area contributed by atoms with E-state index < -0.39 is 0 Å². The van der Waals surface area contributed by atoms with Crippen LogP contribution in [0.15, 0.2) is 109 Å². The van der Waals surface area contributed by atoms with Gasteiger partial charge in [-0.1, -0.05) is 126 Å². The van der Waals surface area contributed by atoms with Gasteiger partial charge >= 0.3 is 0 Å². The van der Waals surface area contributed by atoms with Crippen molar-refractivity contribution in [2.24, 2.45) is 0 Å². The minimum absolute atomic E-state index is 0. The van der Waals surface area contributed by atoms with E-state index >= 15 is 0 Å². The summed E-state index contributed by atoms with van der Waals surface area (Å²) >= 11 is 0. The molecule has 0 bridgehead atoms.